The third-order valence-electron chi connectivity index (χ3n) is 7.95. The number of carbonyl (C=O) groups excluding carboxylic acids is 1. The summed E-state index contributed by atoms with van der Waals surface area (Å²) in [7, 11) is 0. The number of nitrogens with one attached hydrogen (secondary N) is 1. The maximum atomic E-state index is 11.7. The average molecular weight is 303 g/mol. The van der Waals surface area contributed by atoms with Crippen molar-refractivity contribution in [2.75, 3.05) is 0 Å². The van der Waals surface area contributed by atoms with Gasteiger partial charge in [-0.3, -0.25) is 4.79 Å². The summed E-state index contributed by atoms with van der Waals surface area (Å²) in [4.78, 5) is 11.7. The van der Waals surface area contributed by atoms with Gasteiger partial charge in [-0.25, -0.2) is 0 Å². The molecule has 0 aromatic carbocycles. The van der Waals surface area contributed by atoms with Gasteiger partial charge in [0.1, 0.15) is 0 Å². The second kappa shape index (κ2) is 4.59. The highest BCUT2D eigenvalue weighted by Gasteiger charge is 2.61. The van der Waals surface area contributed by atoms with E-state index in [0.29, 0.717) is 29.7 Å². The number of hydrogen-bond acceptors (Lipinski definition) is 2. The highest BCUT2D eigenvalue weighted by atomic mass is 16.3. The fourth-order valence-electron chi connectivity index (χ4n) is 6.84. The van der Waals surface area contributed by atoms with E-state index in [1.54, 1.807) is 6.08 Å². The zero-order valence-corrected chi connectivity index (χ0v) is 14.0. The van der Waals surface area contributed by atoms with Crippen LogP contribution in [0.2, 0.25) is 0 Å². The lowest BCUT2D eigenvalue weighted by molar-refractivity contribution is -0.124. The Kier molecular flexibility index (Phi) is 3.08. The normalized spacial score (nSPS) is 56.8. The van der Waals surface area contributed by atoms with Gasteiger partial charge in [-0.05, 0) is 67.3 Å². The number of hydrogen-bond donors (Lipinski definition) is 2. The molecule has 3 aliphatic carbocycles. The summed E-state index contributed by atoms with van der Waals surface area (Å²) < 4.78 is 0. The van der Waals surface area contributed by atoms with Crippen LogP contribution in [-0.4, -0.2) is 23.2 Å². The largest absolute Gasteiger partial charge is 0.393 e. The van der Waals surface area contributed by atoms with Crippen LogP contribution < -0.4 is 5.32 Å². The van der Waals surface area contributed by atoms with Gasteiger partial charge in [0.15, 0.2) is 0 Å². The minimum atomic E-state index is -0.124. The number of aliphatic hydroxyl groups is 1. The predicted molar refractivity (Wildman–Crippen MR) is 86.0 cm³/mol. The first-order valence-corrected chi connectivity index (χ1v) is 9.04. The Hall–Kier alpha value is -0.830. The van der Waals surface area contributed by atoms with Crippen molar-refractivity contribution in [2.24, 2.45) is 34.5 Å². The maximum Gasteiger partial charge on any atom is 0.243 e. The molecule has 1 heterocycles. The maximum absolute atomic E-state index is 11.7. The molecule has 4 rings (SSSR count). The van der Waals surface area contributed by atoms with Gasteiger partial charge in [0.2, 0.25) is 5.91 Å². The minimum absolute atomic E-state index is 0.0752. The highest BCUT2D eigenvalue weighted by molar-refractivity contribution is 5.89. The molecule has 3 nitrogen and oxygen atoms in total. The zero-order chi connectivity index (χ0) is 15.7. The zero-order valence-electron chi connectivity index (χ0n) is 14.0. The SMILES string of the molecule is CC1CC(O)[C@@]2(C)CC[C@@H]3[C@@H](CCC4NC(=O)C=C[C@@]43C)[C@H]12. The van der Waals surface area contributed by atoms with E-state index < -0.39 is 0 Å². The number of rotatable bonds is 0. The van der Waals surface area contributed by atoms with Crippen molar-refractivity contribution < 1.29 is 9.90 Å². The lowest BCUT2D eigenvalue weighted by Crippen LogP contribution is -2.59. The molecular formula is C19H29NO2. The fraction of sp³-hybridized carbons (Fsp3) is 0.842. The van der Waals surface area contributed by atoms with E-state index in [9.17, 15) is 9.90 Å². The van der Waals surface area contributed by atoms with E-state index in [1.807, 2.05) is 0 Å². The standard InChI is InChI=1S/C19H29NO2/c1-11-10-15(21)19(3)8-6-13-12(17(11)19)4-5-14-18(13,2)9-7-16(22)20-14/h7,9,11-15,17,21H,4-6,8,10H2,1-3H3,(H,20,22)/t11?,12-,13-,14?,15?,17+,18-,19-/m1/s1. The summed E-state index contributed by atoms with van der Waals surface area (Å²) in [5.41, 5.74) is 0.219. The highest BCUT2D eigenvalue weighted by Crippen LogP contribution is 2.64. The molecule has 122 valence electrons. The molecule has 8 atom stereocenters. The predicted octanol–water partition coefficient (Wildman–Crippen LogP) is 2.89. The van der Waals surface area contributed by atoms with Crippen molar-refractivity contribution in [3.05, 3.63) is 12.2 Å². The van der Waals surface area contributed by atoms with Crippen LogP contribution in [0.5, 0.6) is 0 Å². The summed E-state index contributed by atoms with van der Waals surface area (Å²) in [6, 6.07) is 0.303. The van der Waals surface area contributed by atoms with Gasteiger partial charge >= 0.3 is 0 Å². The second-order valence-electron chi connectivity index (χ2n) is 8.91. The molecule has 4 aliphatic rings. The molecule has 2 N–H and O–H groups in total. The Morgan fingerprint density at radius 2 is 2.05 bits per heavy atom. The molecule has 0 aromatic rings. The van der Waals surface area contributed by atoms with Crippen LogP contribution in [0.4, 0.5) is 0 Å². The smallest absolute Gasteiger partial charge is 0.243 e. The van der Waals surface area contributed by atoms with E-state index >= 15 is 0 Å². The lowest BCUT2D eigenvalue weighted by Gasteiger charge is -2.59. The molecule has 1 aliphatic heterocycles. The Bertz CT molecular complexity index is 530. The third-order valence-corrected chi connectivity index (χ3v) is 7.95. The number of aliphatic hydroxyl groups excluding tert-OH is 1. The summed E-state index contributed by atoms with van der Waals surface area (Å²) in [6.45, 7) is 7.02. The third kappa shape index (κ3) is 1.75. The first-order chi connectivity index (χ1) is 10.4. The average Bonchev–Trinajstić information content (AvgIpc) is 2.70. The van der Waals surface area contributed by atoms with Crippen LogP contribution >= 0.6 is 0 Å². The van der Waals surface area contributed by atoms with Crippen molar-refractivity contribution >= 4 is 5.91 Å². The molecular weight excluding hydrogens is 274 g/mol. The Morgan fingerprint density at radius 1 is 1.27 bits per heavy atom. The summed E-state index contributed by atoms with van der Waals surface area (Å²) in [5, 5.41) is 13.8. The first-order valence-electron chi connectivity index (χ1n) is 9.04. The van der Waals surface area contributed by atoms with Gasteiger partial charge < -0.3 is 10.4 Å². The van der Waals surface area contributed by atoms with Gasteiger partial charge in [0.25, 0.3) is 0 Å². The molecule has 0 radical (unpaired) electrons. The number of fused-ring (bicyclic) bond motifs is 5. The summed E-state index contributed by atoms with van der Waals surface area (Å²) >= 11 is 0. The van der Waals surface area contributed by atoms with Crippen LogP contribution in [-0.2, 0) is 4.79 Å². The van der Waals surface area contributed by atoms with Crippen LogP contribution in [0.1, 0.15) is 52.9 Å². The summed E-state index contributed by atoms with van der Waals surface area (Å²) in [6.07, 6.45) is 9.41. The topological polar surface area (TPSA) is 49.3 Å². The van der Waals surface area contributed by atoms with Gasteiger partial charge in [0, 0.05) is 11.5 Å². The van der Waals surface area contributed by atoms with Crippen molar-refractivity contribution in [3.8, 4) is 0 Å². The van der Waals surface area contributed by atoms with Crippen molar-refractivity contribution in [2.45, 2.75) is 65.0 Å². The first kappa shape index (κ1) is 14.7. The molecule has 3 saturated carbocycles. The van der Waals surface area contributed by atoms with E-state index in [1.165, 1.54) is 12.8 Å². The van der Waals surface area contributed by atoms with E-state index in [2.05, 4.69) is 32.2 Å². The Balaban J connectivity index is 1.71. The molecule has 3 unspecified atom stereocenters. The number of amides is 1. The van der Waals surface area contributed by atoms with Gasteiger partial charge in [-0.15, -0.1) is 0 Å². The van der Waals surface area contributed by atoms with Crippen molar-refractivity contribution in [1.82, 2.24) is 5.32 Å². The molecule has 0 spiro atoms. The van der Waals surface area contributed by atoms with Crippen molar-refractivity contribution in [3.63, 3.8) is 0 Å². The molecule has 1 amide bonds. The van der Waals surface area contributed by atoms with Gasteiger partial charge in [-0.1, -0.05) is 26.8 Å². The molecule has 3 fully saturated rings. The second-order valence-corrected chi connectivity index (χ2v) is 8.91. The van der Waals surface area contributed by atoms with Crippen molar-refractivity contribution in [1.29, 1.82) is 0 Å². The molecule has 22 heavy (non-hydrogen) atoms. The van der Waals surface area contributed by atoms with Gasteiger partial charge in [0.05, 0.1) is 6.10 Å². The Labute approximate surface area is 133 Å². The van der Waals surface area contributed by atoms with Crippen LogP contribution in [0.3, 0.4) is 0 Å². The number of carbonyl (C=O) groups is 1. The molecule has 3 heteroatoms. The molecule has 0 saturated heterocycles. The Morgan fingerprint density at radius 3 is 2.82 bits per heavy atom. The quantitative estimate of drug-likeness (QED) is 0.723. The molecule has 0 bridgehead atoms. The van der Waals surface area contributed by atoms with Gasteiger partial charge in [-0.2, -0.15) is 0 Å². The summed E-state index contributed by atoms with van der Waals surface area (Å²) in [5.74, 6) is 2.69. The lowest BCUT2D eigenvalue weighted by atomic mass is 9.48. The van der Waals surface area contributed by atoms with E-state index in [4.69, 9.17) is 0 Å². The molecule has 0 aromatic heterocycles. The van der Waals surface area contributed by atoms with E-state index in [-0.39, 0.29) is 22.8 Å². The monoisotopic (exact) mass is 303 g/mol. The van der Waals surface area contributed by atoms with Crippen LogP contribution in [0, 0.1) is 34.5 Å². The van der Waals surface area contributed by atoms with Crippen LogP contribution in [0.15, 0.2) is 12.2 Å². The van der Waals surface area contributed by atoms with Crippen LogP contribution in [0.25, 0.3) is 0 Å². The minimum Gasteiger partial charge on any atom is -0.393 e. The van der Waals surface area contributed by atoms with E-state index in [0.717, 1.165) is 19.3 Å². The fourth-order valence-corrected chi connectivity index (χ4v) is 6.84.